The number of aromatic hydroxyl groups is 1. The number of hydrogen-bond acceptors (Lipinski definition) is 8. The van der Waals surface area contributed by atoms with Crippen LogP contribution in [0.4, 0.5) is 5.69 Å². The number of carboxylic acid groups (broad SMARTS) is 1. The quantitative estimate of drug-likeness (QED) is 0.216. The van der Waals surface area contributed by atoms with Crippen LogP contribution in [0.5, 0.6) is 11.5 Å². The Morgan fingerprint density at radius 3 is 2.42 bits per heavy atom. The highest BCUT2D eigenvalue weighted by Gasteiger charge is 2.69. The minimum absolute atomic E-state index is 0.0320. The molecule has 3 N–H and O–H groups in total. The van der Waals surface area contributed by atoms with Crippen LogP contribution in [0.2, 0.25) is 0 Å². The molecule has 256 valence electrons. The standard InChI is InChI=1S/C39H37N3O8/c1-22-8-12-25(13-9-22)40-42-36(47)30-21-28-26(14-15-27-34(28)37(48)41(35(27)46)19-18-33(44)45)29(16-10-23-11-17-31(43)32(20-23)50-2)39(30,38(42)49)24-6-4-3-5-7-24/h3-14,16-17,20,27-30,34,40,43H,15,18-19,21H2,1-2H3,(H,44,45)/t27-,28+,29-,30-,34-,39-/m0/s1. The van der Waals surface area contributed by atoms with Crippen LogP contribution in [0.1, 0.15) is 36.0 Å². The number of nitrogens with one attached hydrogen (secondary N) is 1. The van der Waals surface area contributed by atoms with Crippen molar-refractivity contribution in [2.45, 2.75) is 31.6 Å². The number of phenols is 1. The van der Waals surface area contributed by atoms with E-state index in [-0.39, 0.29) is 37.3 Å². The van der Waals surface area contributed by atoms with Gasteiger partial charge in [0.2, 0.25) is 11.8 Å². The highest BCUT2D eigenvalue weighted by atomic mass is 16.5. The van der Waals surface area contributed by atoms with Gasteiger partial charge in [0.05, 0.1) is 42.4 Å². The van der Waals surface area contributed by atoms with E-state index in [1.165, 1.54) is 13.2 Å². The van der Waals surface area contributed by atoms with Gasteiger partial charge in [0.25, 0.3) is 11.8 Å². The second kappa shape index (κ2) is 12.6. The number of phenolic OH excluding ortho intramolecular Hbond substituents is 1. The van der Waals surface area contributed by atoms with Crippen molar-refractivity contribution in [2.75, 3.05) is 19.1 Å². The molecule has 11 nitrogen and oxygen atoms in total. The maximum absolute atomic E-state index is 15.1. The van der Waals surface area contributed by atoms with Gasteiger partial charge in [-0.2, -0.15) is 5.01 Å². The lowest BCUT2D eigenvalue weighted by atomic mass is 9.50. The molecule has 4 aliphatic rings. The van der Waals surface area contributed by atoms with E-state index in [9.17, 15) is 29.4 Å². The number of amides is 4. The first kappa shape index (κ1) is 32.8. The molecule has 0 radical (unpaired) electrons. The number of carbonyl (C=O) groups excluding carboxylic acids is 4. The van der Waals surface area contributed by atoms with Crippen molar-refractivity contribution in [3.05, 3.63) is 107 Å². The predicted molar refractivity (Wildman–Crippen MR) is 182 cm³/mol. The zero-order valence-electron chi connectivity index (χ0n) is 27.6. The van der Waals surface area contributed by atoms with Gasteiger partial charge in [-0.1, -0.05) is 77.9 Å². The third-order valence-corrected chi connectivity index (χ3v) is 10.8. The van der Waals surface area contributed by atoms with Gasteiger partial charge in [-0.05, 0) is 61.1 Å². The number of allylic oxidation sites excluding steroid dienone is 3. The van der Waals surface area contributed by atoms with Crippen molar-refractivity contribution in [1.29, 1.82) is 0 Å². The van der Waals surface area contributed by atoms with Gasteiger partial charge in [-0.15, -0.1) is 0 Å². The number of hydrazine groups is 1. The van der Waals surface area contributed by atoms with E-state index < -0.39 is 64.6 Å². The van der Waals surface area contributed by atoms with Crippen molar-refractivity contribution < 1.29 is 38.9 Å². The first-order chi connectivity index (χ1) is 24.1. The maximum Gasteiger partial charge on any atom is 0.305 e. The summed E-state index contributed by atoms with van der Waals surface area (Å²) in [6, 6.07) is 21.4. The van der Waals surface area contributed by atoms with Crippen LogP contribution in [-0.2, 0) is 29.4 Å². The number of aryl methyl sites for hydroxylation is 1. The molecule has 7 rings (SSSR count). The lowest BCUT2D eigenvalue weighted by molar-refractivity contribution is -0.143. The first-order valence-corrected chi connectivity index (χ1v) is 16.7. The topological polar surface area (TPSA) is 154 Å². The minimum atomic E-state index is -1.41. The second-order valence-electron chi connectivity index (χ2n) is 13.4. The summed E-state index contributed by atoms with van der Waals surface area (Å²) in [4.78, 5) is 69.6. The zero-order chi connectivity index (χ0) is 35.3. The molecule has 6 atom stereocenters. The molecular formula is C39H37N3O8. The number of ether oxygens (including phenoxy) is 1. The van der Waals surface area contributed by atoms with Crippen LogP contribution in [0.3, 0.4) is 0 Å². The minimum Gasteiger partial charge on any atom is -0.504 e. The Hall–Kier alpha value is -5.71. The third kappa shape index (κ3) is 5.15. The average Bonchev–Trinajstić information content (AvgIpc) is 3.49. The number of benzene rings is 3. The summed E-state index contributed by atoms with van der Waals surface area (Å²) in [5, 5.41) is 20.6. The highest BCUT2D eigenvalue weighted by molar-refractivity contribution is 6.13. The van der Waals surface area contributed by atoms with Gasteiger partial charge in [0, 0.05) is 12.5 Å². The number of carboxylic acids is 1. The molecule has 4 amide bonds. The number of anilines is 1. The average molecular weight is 676 g/mol. The number of likely N-dealkylation sites (tertiary alicyclic amines) is 1. The second-order valence-corrected chi connectivity index (χ2v) is 13.4. The molecular weight excluding hydrogens is 638 g/mol. The van der Waals surface area contributed by atoms with Crippen LogP contribution < -0.4 is 10.2 Å². The lowest BCUT2D eigenvalue weighted by Crippen LogP contribution is -2.54. The number of imide groups is 2. The van der Waals surface area contributed by atoms with E-state index in [4.69, 9.17) is 4.74 Å². The molecule has 0 aromatic heterocycles. The Kier molecular flexibility index (Phi) is 8.29. The molecule has 3 fully saturated rings. The van der Waals surface area contributed by atoms with E-state index in [0.29, 0.717) is 16.8 Å². The van der Waals surface area contributed by atoms with Gasteiger partial charge >= 0.3 is 5.97 Å². The van der Waals surface area contributed by atoms with E-state index in [1.54, 1.807) is 24.3 Å². The monoisotopic (exact) mass is 675 g/mol. The molecule has 3 aromatic carbocycles. The van der Waals surface area contributed by atoms with Crippen molar-refractivity contribution in [1.82, 2.24) is 9.91 Å². The molecule has 11 heteroatoms. The molecule has 2 saturated heterocycles. The van der Waals surface area contributed by atoms with E-state index >= 15 is 4.79 Å². The fourth-order valence-corrected chi connectivity index (χ4v) is 8.49. The Balaban J connectivity index is 1.39. The number of carbonyl (C=O) groups is 5. The number of fused-ring (bicyclic) bond motifs is 4. The fourth-order valence-electron chi connectivity index (χ4n) is 8.49. The summed E-state index contributed by atoms with van der Waals surface area (Å²) in [6.45, 7) is 1.72. The number of hydrogen-bond donors (Lipinski definition) is 3. The van der Waals surface area contributed by atoms with Gasteiger partial charge in [-0.3, -0.25) is 34.3 Å². The summed E-state index contributed by atoms with van der Waals surface area (Å²) in [7, 11) is 1.45. The largest absolute Gasteiger partial charge is 0.504 e. The molecule has 0 spiro atoms. The number of rotatable bonds is 9. The molecule has 0 bridgehead atoms. The SMILES string of the molecule is COc1cc(C=C[C@H]2C3=CC[C@@H]4C(=O)N(CCC(=O)O)C(=O)[C@@H]4[C@@H]3C[C@H]3C(=O)N(Nc4ccc(C)cc4)C(=O)[C@@]23c2ccccc2)ccc1O. The molecule has 2 aliphatic heterocycles. The molecule has 1 saturated carbocycles. The smallest absolute Gasteiger partial charge is 0.305 e. The summed E-state index contributed by atoms with van der Waals surface area (Å²) < 4.78 is 5.33. The summed E-state index contributed by atoms with van der Waals surface area (Å²) >= 11 is 0. The van der Waals surface area contributed by atoms with Crippen molar-refractivity contribution in [3.63, 3.8) is 0 Å². The molecule has 3 aromatic rings. The number of nitrogens with zero attached hydrogens (tertiary/aromatic N) is 2. The number of aliphatic carboxylic acids is 1. The van der Waals surface area contributed by atoms with Gasteiger partial charge in [0.15, 0.2) is 11.5 Å². The van der Waals surface area contributed by atoms with E-state index in [0.717, 1.165) is 21.0 Å². The number of methoxy groups -OCH3 is 1. The van der Waals surface area contributed by atoms with Crippen LogP contribution >= 0.6 is 0 Å². The van der Waals surface area contributed by atoms with Crippen molar-refractivity contribution in [2.24, 2.45) is 29.6 Å². The third-order valence-electron chi connectivity index (χ3n) is 10.8. The Morgan fingerprint density at radius 2 is 1.72 bits per heavy atom. The van der Waals surface area contributed by atoms with Gasteiger partial charge in [0.1, 0.15) is 0 Å². The predicted octanol–water partition coefficient (Wildman–Crippen LogP) is 4.71. The summed E-state index contributed by atoms with van der Waals surface area (Å²) in [5.74, 6) is -6.26. The maximum atomic E-state index is 15.1. The van der Waals surface area contributed by atoms with E-state index in [2.05, 4.69) is 5.43 Å². The van der Waals surface area contributed by atoms with Crippen LogP contribution in [0, 0.1) is 36.5 Å². The van der Waals surface area contributed by atoms with Crippen molar-refractivity contribution in [3.8, 4) is 11.5 Å². The highest BCUT2D eigenvalue weighted by Crippen LogP contribution is 2.61. The van der Waals surface area contributed by atoms with Crippen LogP contribution in [0.15, 0.2) is 90.5 Å². The Bertz CT molecular complexity index is 1960. The molecule has 2 aliphatic carbocycles. The normalized spacial score (nSPS) is 27.2. The van der Waals surface area contributed by atoms with Gasteiger partial charge in [-0.25, -0.2) is 0 Å². The first-order valence-electron chi connectivity index (χ1n) is 16.7. The summed E-state index contributed by atoms with van der Waals surface area (Å²) in [6.07, 6.45) is 5.66. The van der Waals surface area contributed by atoms with Crippen molar-refractivity contribution >= 4 is 41.4 Å². The zero-order valence-corrected chi connectivity index (χ0v) is 27.6. The molecule has 50 heavy (non-hydrogen) atoms. The molecule has 0 unspecified atom stereocenters. The fraction of sp³-hybridized carbons (Fsp3) is 0.308. The lowest BCUT2D eigenvalue weighted by Gasteiger charge is -2.49. The Morgan fingerprint density at radius 1 is 0.980 bits per heavy atom. The Labute approximate surface area is 288 Å². The van der Waals surface area contributed by atoms with Crippen LogP contribution in [0.25, 0.3) is 6.08 Å². The van der Waals surface area contributed by atoms with Crippen LogP contribution in [-0.4, -0.2) is 63.4 Å². The summed E-state index contributed by atoms with van der Waals surface area (Å²) in [5.41, 5.74) is 5.35. The van der Waals surface area contributed by atoms with Gasteiger partial charge < -0.3 is 14.9 Å². The molecule has 2 heterocycles. The van der Waals surface area contributed by atoms with E-state index in [1.807, 2.05) is 67.6 Å².